The normalized spacial score (nSPS) is 14.2. The van der Waals surface area contributed by atoms with Gasteiger partial charge in [-0.2, -0.15) is 0 Å². The Bertz CT molecular complexity index is 4080. The molecule has 67 heavy (non-hydrogen) atoms. The molecule has 10 aromatic carbocycles. The molecule has 3 heteroatoms. The average molecular weight is 857 g/mol. The number of fused-ring (bicyclic) bond motifs is 15. The molecule has 0 saturated heterocycles. The van der Waals surface area contributed by atoms with Crippen LogP contribution in [-0.2, 0) is 10.8 Å². The van der Waals surface area contributed by atoms with Crippen molar-refractivity contribution in [3.63, 3.8) is 0 Å². The van der Waals surface area contributed by atoms with Crippen LogP contribution in [0.3, 0.4) is 0 Å². The zero-order chi connectivity index (χ0) is 44.8. The van der Waals surface area contributed by atoms with Crippen molar-refractivity contribution in [2.24, 2.45) is 0 Å². The van der Waals surface area contributed by atoms with E-state index in [9.17, 15) is 0 Å². The van der Waals surface area contributed by atoms with Crippen LogP contribution < -0.4 is 0 Å². The van der Waals surface area contributed by atoms with Crippen molar-refractivity contribution < 1.29 is 4.42 Å². The third-order valence-electron chi connectivity index (χ3n) is 15.3. The van der Waals surface area contributed by atoms with Crippen LogP contribution in [0, 0.1) is 0 Å². The molecule has 0 bridgehead atoms. The lowest BCUT2D eigenvalue weighted by molar-refractivity contribution is 0.659. The van der Waals surface area contributed by atoms with Crippen LogP contribution in [0.1, 0.15) is 49.9 Å². The summed E-state index contributed by atoms with van der Waals surface area (Å²) in [5, 5.41) is 8.63. The largest absolute Gasteiger partial charge is 0.452 e. The molecule has 316 valence electrons. The van der Waals surface area contributed by atoms with Gasteiger partial charge in [0.25, 0.3) is 0 Å². The predicted octanol–water partition coefficient (Wildman–Crippen LogP) is 17.1. The van der Waals surface area contributed by atoms with E-state index in [0.29, 0.717) is 11.4 Å². The molecule has 0 spiro atoms. The Morgan fingerprint density at radius 1 is 0.328 bits per heavy atom. The lowest BCUT2D eigenvalue weighted by Gasteiger charge is -2.22. The van der Waals surface area contributed by atoms with Gasteiger partial charge in [-0.25, -0.2) is 9.97 Å². The molecule has 14 rings (SSSR count). The van der Waals surface area contributed by atoms with Gasteiger partial charge in [0.15, 0.2) is 11.4 Å². The molecule has 2 aliphatic rings. The molecule has 2 aliphatic carbocycles. The monoisotopic (exact) mass is 856 g/mol. The van der Waals surface area contributed by atoms with Crippen molar-refractivity contribution in [3.05, 3.63) is 216 Å². The fourth-order valence-electron chi connectivity index (χ4n) is 11.8. The molecule has 12 aromatic rings. The van der Waals surface area contributed by atoms with Crippen molar-refractivity contribution in [3.8, 4) is 67.2 Å². The van der Waals surface area contributed by atoms with Gasteiger partial charge in [0.2, 0.25) is 0 Å². The molecule has 0 N–H and O–H groups in total. The van der Waals surface area contributed by atoms with Crippen molar-refractivity contribution in [2.45, 2.75) is 38.5 Å². The first-order chi connectivity index (χ1) is 32.7. The van der Waals surface area contributed by atoms with Crippen molar-refractivity contribution in [1.82, 2.24) is 9.97 Å². The van der Waals surface area contributed by atoms with Crippen molar-refractivity contribution in [1.29, 1.82) is 0 Å². The quantitative estimate of drug-likeness (QED) is 0.166. The maximum atomic E-state index is 6.99. The summed E-state index contributed by atoms with van der Waals surface area (Å²) < 4.78 is 6.99. The topological polar surface area (TPSA) is 38.9 Å². The second kappa shape index (κ2) is 13.7. The minimum Gasteiger partial charge on any atom is -0.452 e. The Morgan fingerprint density at radius 2 is 0.791 bits per heavy atom. The van der Waals surface area contributed by atoms with Crippen LogP contribution in [-0.4, -0.2) is 9.97 Å². The first-order valence-electron chi connectivity index (χ1n) is 23.4. The number of hydrogen-bond donors (Lipinski definition) is 0. The number of nitrogens with zero attached hydrogens (tertiary/aromatic N) is 2. The summed E-state index contributed by atoms with van der Waals surface area (Å²) in [4.78, 5) is 10.9. The summed E-state index contributed by atoms with van der Waals surface area (Å²) in [7, 11) is 0. The van der Waals surface area contributed by atoms with E-state index < -0.39 is 0 Å². The van der Waals surface area contributed by atoms with E-state index in [2.05, 4.69) is 222 Å². The number of benzene rings is 10. The van der Waals surface area contributed by atoms with Gasteiger partial charge in [0.05, 0.1) is 0 Å². The minimum absolute atomic E-state index is 0.150. The van der Waals surface area contributed by atoms with Crippen LogP contribution in [0.2, 0.25) is 0 Å². The molecule has 2 heterocycles. The van der Waals surface area contributed by atoms with Crippen LogP contribution in [0.25, 0.3) is 122 Å². The van der Waals surface area contributed by atoms with Crippen LogP contribution in [0.5, 0.6) is 0 Å². The Labute approximate surface area is 389 Å². The minimum atomic E-state index is -0.163. The Hall–Kier alpha value is -8.14. The Morgan fingerprint density at radius 3 is 1.42 bits per heavy atom. The van der Waals surface area contributed by atoms with Gasteiger partial charge in [0, 0.05) is 27.3 Å². The maximum Gasteiger partial charge on any atom is 0.180 e. The SMILES string of the molecule is CC1(C)c2ccccc2-c2ccc(-c3nc(-c4ccc5c(c4)C(C)(C)c4ccccc4-5)c4oc5cc(-c6cccc(-c7ccc8c9ccccc9c9ccccc9c8c7)c6)ccc5c4n3)cc21. The van der Waals surface area contributed by atoms with Gasteiger partial charge in [-0.15, -0.1) is 0 Å². The standard InChI is InChI=1S/C64H44N2O/c1-63(2)54-22-11-9-20-48(54)50-29-26-41(34-56(50)63)59-61-60(66-62(65-59)42-27-30-51-49-21-10-12-23-55(49)64(3,4)57(51)35-42)52-31-25-40(36-58(52)67-61)38-15-13-14-37(32-38)39-24-28-47-45-18-6-5-16-43(45)44-17-7-8-19-46(44)53(47)33-39/h5-36H,1-4H3. The van der Waals surface area contributed by atoms with Crippen LogP contribution >= 0.6 is 0 Å². The fraction of sp³-hybridized carbons (Fsp3) is 0.0938. The highest BCUT2D eigenvalue weighted by Crippen LogP contribution is 2.52. The zero-order valence-corrected chi connectivity index (χ0v) is 37.8. The summed E-state index contributed by atoms with van der Waals surface area (Å²) in [5.74, 6) is 0.690. The molecule has 3 nitrogen and oxygen atoms in total. The molecule has 0 radical (unpaired) electrons. The molecule has 0 fully saturated rings. The van der Waals surface area contributed by atoms with E-state index in [1.165, 1.54) is 88.0 Å². The second-order valence-corrected chi connectivity index (χ2v) is 19.7. The van der Waals surface area contributed by atoms with Gasteiger partial charge >= 0.3 is 0 Å². The molecule has 0 atom stereocenters. The van der Waals surface area contributed by atoms with E-state index in [1.54, 1.807) is 0 Å². The Kier molecular flexibility index (Phi) is 7.80. The summed E-state index contributed by atoms with van der Waals surface area (Å²) >= 11 is 0. The molecular weight excluding hydrogens is 813 g/mol. The van der Waals surface area contributed by atoms with Gasteiger partial charge < -0.3 is 4.42 Å². The molecule has 0 aliphatic heterocycles. The summed E-state index contributed by atoms with van der Waals surface area (Å²) in [5.41, 5.74) is 19.8. The Balaban J connectivity index is 0.919. The fourth-order valence-corrected chi connectivity index (χ4v) is 11.8. The highest BCUT2D eigenvalue weighted by atomic mass is 16.3. The van der Waals surface area contributed by atoms with E-state index >= 15 is 0 Å². The lowest BCUT2D eigenvalue weighted by atomic mass is 9.82. The predicted molar refractivity (Wildman–Crippen MR) is 279 cm³/mol. The van der Waals surface area contributed by atoms with Crippen molar-refractivity contribution >= 4 is 54.4 Å². The average Bonchev–Trinajstić information content (AvgIpc) is 3.94. The van der Waals surface area contributed by atoms with Gasteiger partial charge in [-0.3, -0.25) is 0 Å². The van der Waals surface area contributed by atoms with Crippen molar-refractivity contribution in [2.75, 3.05) is 0 Å². The summed E-state index contributed by atoms with van der Waals surface area (Å²) in [6, 6.07) is 71.1. The number of hydrogen-bond acceptors (Lipinski definition) is 3. The molecular formula is C64H44N2O. The van der Waals surface area contributed by atoms with Crippen LogP contribution in [0.15, 0.2) is 199 Å². The van der Waals surface area contributed by atoms with Gasteiger partial charge in [-0.05, 0) is 135 Å². The molecule has 0 amide bonds. The van der Waals surface area contributed by atoms with E-state index in [4.69, 9.17) is 14.4 Å². The van der Waals surface area contributed by atoms with Crippen LogP contribution in [0.4, 0.5) is 0 Å². The highest BCUT2D eigenvalue weighted by molar-refractivity contribution is 6.25. The maximum absolute atomic E-state index is 6.99. The van der Waals surface area contributed by atoms with Gasteiger partial charge in [-0.1, -0.05) is 185 Å². The second-order valence-electron chi connectivity index (χ2n) is 19.7. The number of rotatable bonds is 4. The number of aromatic nitrogens is 2. The smallest absolute Gasteiger partial charge is 0.180 e. The zero-order valence-electron chi connectivity index (χ0n) is 37.8. The first-order valence-corrected chi connectivity index (χ1v) is 23.4. The summed E-state index contributed by atoms with van der Waals surface area (Å²) in [6.45, 7) is 9.30. The van der Waals surface area contributed by atoms with E-state index in [0.717, 1.165) is 44.4 Å². The van der Waals surface area contributed by atoms with E-state index in [-0.39, 0.29) is 10.8 Å². The van der Waals surface area contributed by atoms with Gasteiger partial charge in [0.1, 0.15) is 16.8 Å². The molecule has 0 unspecified atom stereocenters. The third-order valence-corrected chi connectivity index (χ3v) is 15.3. The molecule has 0 saturated carbocycles. The molecule has 2 aromatic heterocycles. The van der Waals surface area contributed by atoms with E-state index in [1.807, 2.05) is 0 Å². The first kappa shape index (κ1) is 38.2. The highest BCUT2D eigenvalue weighted by Gasteiger charge is 2.37. The summed E-state index contributed by atoms with van der Waals surface area (Å²) in [6.07, 6.45) is 0. The number of furan rings is 1. The third kappa shape index (κ3) is 5.46. The lowest BCUT2D eigenvalue weighted by Crippen LogP contribution is -2.15.